The van der Waals surface area contributed by atoms with Gasteiger partial charge in [-0.25, -0.2) is 17.8 Å². The lowest BCUT2D eigenvalue weighted by molar-refractivity contribution is 0.102. The molecule has 1 aromatic heterocycles. The second-order valence-corrected chi connectivity index (χ2v) is 9.95. The van der Waals surface area contributed by atoms with E-state index in [9.17, 15) is 17.6 Å². The van der Waals surface area contributed by atoms with Crippen molar-refractivity contribution in [3.63, 3.8) is 0 Å². The van der Waals surface area contributed by atoms with Crippen molar-refractivity contribution >= 4 is 32.4 Å². The number of nitrogens with one attached hydrogen (secondary N) is 1. The summed E-state index contributed by atoms with van der Waals surface area (Å²) in [5.41, 5.74) is 1.54. The lowest BCUT2D eigenvalue weighted by Gasteiger charge is -2.20. The van der Waals surface area contributed by atoms with E-state index >= 15 is 0 Å². The standard InChI is InChI=1S/C22H24FN3O4S2/c1-5-26(6-2)32(28,29)19-13-16(9-12-18(19)30-4)21(27)25-22-24-20(14(3)31-22)15-7-10-17(23)11-8-15/h7-13H,5-6H2,1-4H3,(H,24,25,27). The molecule has 0 saturated heterocycles. The third-order valence-electron chi connectivity index (χ3n) is 4.88. The van der Waals surface area contributed by atoms with Crippen molar-refractivity contribution in [2.45, 2.75) is 25.7 Å². The molecule has 3 rings (SSSR count). The van der Waals surface area contributed by atoms with E-state index in [0.717, 1.165) is 10.4 Å². The van der Waals surface area contributed by atoms with Crippen LogP contribution in [0.5, 0.6) is 5.75 Å². The highest BCUT2D eigenvalue weighted by molar-refractivity contribution is 7.89. The molecule has 0 unspecified atom stereocenters. The number of hydrogen-bond donors (Lipinski definition) is 1. The Balaban J connectivity index is 1.91. The number of hydrogen-bond acceptors (Lipinski definition) is 6. The Hall–Kier alpha value is -2.82. The number of aromatic nitrogens is 1. The number of carbonyl (C=O) groups is 1. The average molecular weight is 478 g/mol. The number of carbonyl (C=O) groups excluding carboxylic acids is 1. The van der Waals surface area contributed by atoms with E-state index in [-0.39, 0.29) is 22.0 Å². The zero-order valence-corrected chi connectivity index (χ0v) is 19.8. The molecule has 2 aromatic carbocycles. The van der Waals surface area contributed by atoms with Gasteiger partial charge in [-0.1, -0.05) is 13.8 Å². The first-order valence-electron chi connectivity index (χ1n) is 9.94. The number of nitrogens with zero attached hydrogens (tertiary/aromatic N) is 2. The van der Waals surface area contributed by atoms with Crippen LogP contribution in [0.2, 0.25) is 0 Å². The van der Waals surface area contributed by atoms with Gasteiger partial charge in [-0.05, 0) is 49.4 Å². The molecule has 0 fully saturated rings. The molecule has 0 aliphatic rings. The Morgan fingerprint density at radius 1 is 1.16 bits per heavy atom. The van der Waals surface area contributed by atoms with Crippen LogP contribution >= 0.6 is 11.3 Å². The summed E-state index contributed by atoms with van der Waals surface area (Å²) >= 11 is 1.28. The second kappa shape index (κ2) is 9.76. The zero-order chi connectivity index (χ0) is 23.5. The fourth-order valence-corrected chi connectivity index (χ4v) is 5.69. The molecule has 170 valence electrons. The van der Waals surface area contributed by atoms with E-state index < -0.39 is 15.9 Å². The Kier molecular flexibility index (Phi) is 7.27. The monoisotopic (exact) mass is 477 g/mol. The zero-order valence-electron chi connectivity index (χ0n) is 18.2. The van der Waals surface area contributed by atoms with Gasteiger partial charge >= 0.3 is 0 Å². The molecule has 1 amide bonds. The van der Waals surface area contributed by atoms with Gasteiger partial charge in [0.2, 0.25) is 10.0 Å². The van der Waals surface area contributed by atoms with E-state index in [1.54, 1.807) is 26.0 Å². The van der Waals surface area contributed by atoms with Crippen LogP contribution in [0.3, 0.4) is 0 Å². The first-order valence-corrected chi connectivity index (χ1v) is 12.2. The Bertz CT molecular complexity index is 1220. The van der Waals surface area contributed by atoms with Gasteiger partial charge in [0.1, 0.15) is 16.5 Å². The van der Waals surface area contributed by atoms with Crippen molar-refractivity contribution < 1.29 is 22.3 Å². The number of methoxy groups -OCH3 is 1. The van der Waals surface area contributed by atoms with Crippen LogP contribution < -0.4 is 10.1 Å². The van der Waals surface area contributed by atoms with Gasteiger partial charge in [-0.3, -0.25) is 10.1 Å². The largest absolute Gasteiger partial charge is 0.495 e. The molecule has 10 heteroatoms. The maximum absolute atomic E-state index is 13.2. The maximum atomic E-state index is 13.2. The molecular weight excluding hydrogens is 453 g/mol. The highest BCUT2D eigenvalue weighted by Crippen LogP contribution is 2.32. The lowest BCUT2D eigenvalue weighted by atomic mass is 10.1. The predicted octanol–water partition coefficient (Wildman–Crippen LogP) is 4.55. The summed E-state index contributed by atoms with van der Waals surface area (Å²) in [6, 6.07) is 10.2. The van der Waals surface area contributed by atoms with E-state index in [2.05, 4.69) is 10.3 Å². The van der Waals surface area contributed by atoms with Gasteiger partial charge in [-0.2, -0.15) is 4.31 Å². The van der Waals surface area contributed by atoms with Crippen LogP contribution in [0, 0.1) is 12.7 Å². The smallest absolute Gasteiger partial charge is 0.257 e. The van der Waals surface area contributed by atoms with Crippen molar-refractivity contribution in [1.82, 2.24) is 9.29 Å². The number of rotatable bonds is 8. The van der Waals surface area contributed by atoms with Crippen molar-refractivity contribution in [3.8, 4) is 17.0 Å². The number of aryl methyl sites for hydroxylation is 1. The number of sulfonamides is 1. The topological polar surface area (TPSA) is 88.6 Å². The van der Waals surface area contributed by atoms with Crippen molar-refractivity contribution in [1.29, 1.82) is 0 Å². The highest BCUT2D eigenvalue weighted by Gasteiger charge is 2.27. The summed E-state index contributed by atoms with van der Waals surface area (Å²) in [7, 11) is -2.45. The van der Waals surface area contributed by atoms with Gasteiger partial charge in [0.15, 0.2) is 5.13 Å². The van der Waals surface area contributed by atoms with Crippen LogP contribution in [0.15, 0.2) is 47.4 Å². The van der Waals surface area contributed by atoms with E-state index in [1.807, 2.05) is 6.92 Å². The molecule has 7 nitrogen and oxygen atoms in total. The second-order valence-electron chi connectivity index (χ2n) is 6.84. The van der Waals surface area contributed by atoms with Crippen LogP contribution in [0.25, 0.3) is 11.3 Å². The SMILES string of the molecule is CCN(CC)S(=O)(=O)c1cc(C(=O)Nc2nc(-c3ccc(F)cc3)c(C)s2)ccc1OC. The number of benzene rings is 2. The highest BCUT2D eigenvalue weighted by atomic mass is 32.2. The number of thiazole rings is 1. The van der Waals surface area contributed by atoms with Crippen LogP contribution in [0.4, 0.5) is 9.52 Å². The van der Waals surface area contributed by atoms with E-state index in [0.29, 0.717) is 23.9 Å². The Morgan fingerprint density at radius 2 is 1.81 bits per heavy atom. The molecule has 0 aliphatic carbocycles. The molecule has 0 atom stereocenters. The van der Waals surface area contributed by atoms with Crippen LogP contribution in [-0.2, 0) is 10.0 Å². The van der Waals surface area contributed by atoms with Gasteiger partial charge in [0.05, 0.1) is 12.8 Å². The summed E-state index contributed by atoms with van der Waals surface area (Å²) < 4.78 is 45.8. The summed E-state index contributed by atoms with van der Waals surface area (Å²) in [4.78, 5) is 18.1. The number of ether oxygens (including phenoxy) is 1. The molecule has 0 radical (unpaired) electrons. The summed E-state index contributed by atoms with van der Waals surface area (Å²) in [5, 5.41) is 3.08. The minimum absolute atomic E-state index is 0.0707. The van der Waals surface area contributed by atoms with Crippen molar-refractivity contribution in [2.75, 3.05) is 25.5 Å². The molecule has 32 heavy (non-hydrogen) atoms. The molecule has 3 aromatic rings. The Labute approximate surface area is 190 Å². The molecule has 0 saturated carbocycles. The minimum atomic E-state index is -3.83. The van der Waals surface area contributed by atoms with E-state index in [4.69, 9.17) is 4.74 Å². The third-order valence-corrected chi connectivity index (χ3v) is 7.84. The van der Waals surface area contributed by atoms with Crippen LogP contribution in [-0.4, -0.2) is 43.8 Å². The molecule has 1 N–H and O–H groups in total. The molecule has 1 heterocycles. The van der Waals surface area contributed by atoms with Crippen molar-refractivity contribution in [3.05, 3.63) is 58.7 Å². The van der Waals surface area contributed by atoms with Gasteiger partial charge < -0.3 is 4.74 Å². The maximum Gasteiger partial charge on any atom is 0.257 e. The predicted molar refractivity (Wildman–Crippen MR) is 123 cm³/mol. The van der Waals surface area contributed by atoms with Crippen LogP contribution in [0.1, 0.15) is 29.1 Å². The number of amides is 1. The molecule has 0 spiro atoms. The lowest BCUT2D eigenvalue weighted by Crippen LogP contribution is -2.31. The number of halogens is 1. The minimum Gasteiger partial charge on any atom is -0.495 e. The average Bonchev–Trinajstić information content (AvgIpc) is 3.14. The van der Waals surface area contributed by atoms with Crippen molar-refractivity contribution in [2.24, 2.45) is 0 Å². The molecular formula is C22H24FN3O4S2. The molecule has 0 aliphatic heterocycles. The normalized spacial score (nSPS) is 11.6. The summed E-state index contributed by atoms with van der Waals surface area (Å²) in [6.07, 6.45) is 0. The summed E-state index contributed by atoms with van der Waals surface area (Å²) in [6.45, 7) is 5.93. The van der Waals surface area contributed by atoms with Gasteiger partial charge in [0.25, 0.3) is 5.91 Å². The fraction of sp³-hybridized carbons (Fsp3) is 0.273. The summed E-state index contributed by atoms with van der Waals surface area (Å²) in [5.74, 6) is -0.676. The first kappa shape index (κ1) is 23.8. The van der Waals surface area contributed by atoms with E-state index in [1.165, 1.54) is 53.1 Å². The van der Waals surface area contributed by atoms with Gasteiger partial charge in [-0.15, -0.1) is 11.3 Å². The van der Waals surface area contributed by atoms with Gasteiger partial charge in [0, 0.05) is 29.1 Å². The first-order chi connectivity index (χ1) is 15.2. The fourth-order valence-electron chi connectivity index (χ4n) is 3.22. The third kappa shape index (κ3) is 4.82. The molecule has 0 bridgehead atoms. The Morgan fingerprint density at radius 3 is 2.41 bits per heavy atom. The number of anilines is 1. The quantitative estimate of drug-likeness (QED) is 0.514.